The Kier molecular flexibility index (Phi) is 4.65. The van der Waals surface area contributed by atoms with Crippen LogP contribution in [0.1, 0.15) is 24.2 Å². The van der Waals surface area contributed by atoms with Crippen LogP contribution in [0.25, 0.3) is 0 Å². The number of hydrogen-bond donors (Lipinski definition) is 2. The van der Waals surface area contributed by atoms with Gasteiger partial charge in [-0.15, -0.1) is 0 Å². The van der Waals surface area contributed by atoms with Crippen LogP contribution in [0, 0.1) is 0 Å². The summed E-state index contributed by atoms with van der Waals surface area (Å²) in [6.07, 6.45) is -5.50. The summed E-state index contributed by atoms with van der Waals surface area (Å²) in [6.45, 7) is -0.163. The van der Waals surface area contributed by atoms with E-state index in [0.29, 0.717) is 12.8 Å². The van der Waals surface area contributed by atoms with E-state index in [1.165, 1.54) is 12.1 Å². The van der Waals surface area contributed by atoms with Gasteiger partial charge >= 0.3 is 6.18 Å². The fourth-order valence-corrected chi connectivity index (χ4v) is 2.07. The average Bonchev–Trinajstić information content (AvgIpc) is 2.94. The summed E-state index contributed by atoms with van der Waals surface area (Å²) in [5, 5.41) is 2.43. The summed E-state index contributed by atoms with van der Waals surface area (Å²) in [5.74, 6) is -1.15. The molecule has 6 nitrogen and oxygen atoms in total. The van der Waals surface area contributed by atoms with Crippen molar-refractivity contribution in [2.24, 2.45) is 5.73 Å². The molecule has 1 fully saturated rings. The van der Waals surface area contributed by atoms with E-state index in [1.54, 1.807) is 0 Å². The van der Waals surface area contributed by atoms with Crippen LogP contribution in [0.4, 0.5) is 13.2 Å². The normalized spacial score (nSPS) is 21.6. The Bertz CT molecular complexity index is 577. The first kappa shape index (κ1) is 16.2. The number of nitrogens with zero attached hydrogens (tertiary/aromatic N) is 1. The van der Waals surface area contributed by atoms with Crippen LogP contribution >= 0.6 is 0 Å². The Morgan fingerprint density at radius 3 is 2.59 bits per heavy atom. The van der Waals surface area contributed by atoms with Gasteiger partial charge < -0.3 is 15.8 Å². The summed E-state index contributed by atoms with van der Waals surface area (Å²) in [6, 6.07) is 3.44. The van der Waals surface area contributed by atoms with Crippen molar-refractivity contribution >= 4 is 11.8 Å². The highest BCUT2D eigenvalue weighted by Gasteiger charge is 2.34. The number of ether oxygens (including phenoxy) is 1. The van der Waals surface area contributed by atoms with Crippen molar-refractivity contribution in [3.63, 3.8) is 0 Å². The molecule has 2 rings (SSSR count). The predicted molar refractivity (Wildman–Crippen MR) is 68.2 cm³/mol. The Morgan fingerprint density at radius 2 is 2.00 bits per heavy atom. The van der Waals surface area contributed by atoms with Gasteiger partial charge in [0.05, 0.1) is 12.2 Å². The maximum absolute atomic E-state index is 12.5. The van der Waals surface area contributed by atoms with Crippen LogP contribution in [0.5, 0.6) is 0 Å². The number of nitrogens with one attached hydrogen (secondary N) is 1. The second-order valence-electron chi connectivity index (χ2n) is 4.82. The smallest absolute Gasteiger partial charge is 0.367 e. The molecule has 9 heteroatoms. The van der Waals surface area contributed by atoms with E-state index in [-0.39, 0.29) is 12.2 Å². The average molecular weight is 317 g/mol. The van der Waals surface area contributed by atoms with Gasteiger partial charge in [-0.2, -0.15) is 13.2 Å². The number of aromatic nitrogens is 1. The standard InChI is InChI=1S/C13H14F3N3O3/c14-13(15,16)10-3-1-2-7(19-10)6-18-12(21)9-5-4-8(22-9)11(17)20/h1-3,8-9H,4-6H2,(H2,17,20)(H,18,21)/t8-,9+/m0/s1. The summed E-state index contributed by atoms with van der Waals surface area (Å²) in [7, 11) is 0. The molecule has 120 valence electrons. The van der Waals surface area contributed by atoms with Crippen LogP contribution < -0.4 is 11.1 Å². The highest BCUT2D eigenvalue weighted by atomic mass is 19.4. The largest absolute Gasteiger partial charge is 0.433 e. The van der Waals surface area contributed by atoms with Gasteiger partial charge in [-0.05, 0) is 25.0 Å². The number of halogens is 3. The predicted octanol–water partition coefficient (Wildman–Crippen LogP) is 0.750. The topological polar surface area (TPSA) is 94.3 Å². The fourth-order valence-electron chi connectivity index (χ4n) is 2.07. The summed E-state index contributed by atoms with van der Waals surface area (Å²) in [5.41, 5.74) is 4.12. The minimum Gasteiger partial charge on any atom is -0.367 e. The lowest BCUT2D eigenvalue weighted by Crippen LogP contribution is -2.36. The van der Waals surface area contributed by atoms with Gasteiger partial charge in [0.15, 0.2) is 0 Å². The Balaban J connectivity index is 1.91. The minimum absolute atomic E-state index is 0.0765. The molecule has 3 N–H and O–H groups in total. The lowest BCUT2D eigenvalue weighted by atomic mass is 10.2. The maximum atomic E-state index is 12.5. The second-order valence-corrected chi connectivity index (χ2v) is 4.82. The summed E-state index contributed by atoms with van der Waals surface area (Å²) in [4.78, 5) is 26.2. The van der Waals surface area contributed by atoms with E-state index in [4.69, 9.17) is 10.5 Å². The molecule has 0 aromatic carbocycles. The maximum Gasteiger partial charge on any atom is 0.433 e. The molecule has 2 atom stereocenters. The zero-order valence-corrected chi connectivity index (χ0v) is 11.4. The van der Waals surface area contributed by atoms with Crippen LogP contribution in [0.2, 0.25) is 0 Å². The molecule has 1 saturated heterocycles. The van der Waals surface area contributed by atoms with Gasteiger partial charge in [-0.1, -0.05) is 6.07 Å². The molecular formula is C13H14F3N3O3. The number of hydrogen-bond acceptors (Lipinski definition) is 4. The number of alkyl halides is 3. The number of carbonyl (C=O) groups is 2. The molecule has 1 aliphatic rings. The van der Waals surface area contributed by atoms with E-state index < -0.39 is 35.9 Å². The molecule has 1 aliphatic heterocycles. The van der Waals surface area contributed by atoms with Gasteiger partial charge in [0.2, 0.25) is 11.8 Å². The number of pyridine rings is 1. The number of carbonyl (C=O) groups excluding carboxylic acids is 2. The molecule has 0 radical (unpaired) electrons. The first-order valence-corrected chi connectivity index (χ1v) is 6.53. The molecule has 2 amide bonds. The van der Waals surface area contributed by atoms with Crippen LogP contribution in [-0.4, -0.2) is 29.0 Å². The van der Waals surface area contributed by atoms with Crippen molar-refractivity contribution in [1.82, 2.24) is 10.3 Å². The van der Waals surface area contributed by atoms with Gasteiger partial charge in [-0.25, -0.2) is 4.98 Å². The third-order valence-electron chi connectivity index (χ3n) is 3.17. The molecule has 1 aromatic heterocycles. The monoisotopic (exact) mass is 317 g/mol. The molecule has 0 bridgehead atoms. The molecule has 0 spiro atoms. The second kappa shape index (κ2) is 6.30. The lowest BCUT2D eigenvalue weighted by molar-refractivity contribution is -0.141. The lowest BCUT2D eigenvalue weighted by Gasteiger charge is -2.12. The number of nitrogens with two attached hydrogens (primary N) is 1. The number of amides is 2. The molecule has 0 aliphatic carbocycles. The minimum atomic E-state index is -4.54. The first-order chi connectivity index (χ1) is 10.3. The SMILES string of the molecule is NC(=O)[C@@H]1CC[C@H](C(=O)NCc2cccc(C(F)(F)F)n2)O1. The third kappa shape index (κ3) is 3.94. The molecule has 0 unspecified atom stereocenters. The summed E-state index contributed by atoms with van der Waals surface area (Å²) < 4.78 is 42.7. The Hall–Kier alpha value is -2.16. The van der Waals surface area contributed by atoms with E-state index in [0.717, 1.165) is 6.07 Å². The van der Waals surface area contributed by atoms with Crippen LogP contribution in [-0.2, 0) is 27.0 Å². The summed E-state index contributed by atoms with van der Waals surface area (Å²) >= 11 is 0. The zero-order chi connectivity index (χ0) is 16.3. The Morgan fingerprint density at radius 1 is 1.32 bits per heavy atom. The highest BCUT2D eigenvalue weighted by Crippen LogP contribution is 2.27. The Labute approximate surface area is 123 Å². The fraction of sp³-hybridized carbons (Fsp3) is 0.462. The molecule has 2 heterocycles. The van der Waals surface area contributed by atoms with Crippen molar-refractivity contribution < 1.29 is 27.5 Å². The van der Waals surface area contributed by atoms with Crippen molar-refractivity contribution in [3.05, 3.63) is 29.6 Å². The van der Waals surface area contributed by atoms with E-state index in [9.17, 15) is 22.8 Å². The number of rotatable bonds is 4. The first-order valence-electron chi connectivity index (χ1n) is 6.53. The molecule has 22 heavy (non-hydrogen) atoms. The van der Waals surface area contributed by atoms with Crippen molar-refractivity contribution in [2.75, 3.05) is 0 Å². The van der Waals surface area contributed by atoms with Gasteiger partial charge in [0.1, 0.15) is 17.9 Å². The highest BCUT2D eigenvalue weighted by molar-refractivity contribution is 5.84. The zero-order valence-electron chi connectivity index (χ0n) is 11.4. The molecule has 1 aromatic rings. The molecule has 0 saturated carbocycles. The van der Waals surface area contributed by atoms with Gasteiger partial charge in [-0.3, -0.25) is 9.59 Å². The van der Waals surface area contributed by atoms with Crippen molar-refractivity contribution in [2.45, 2.75) is 37.8 Å². The number of primary amides is 1. The molecular weight excluding hydrogens is 303 g/mol. The van der Waals surface area contributed by atoms with E-state index in [1.807, 2.05) is 0 Å². The third-order valence-corrected chi connectivity index (χ3v) is 3.17. The van der Waals surface area contributed by atoms with Crippen LogP contribution in [0.15, 0.2) is 18.2 Å². The van der Waals surface area contributed by atoms with Crippen molar-refractivity contribution in [3.8, 4) is 0 Å². The van der Waals surface area contributed by atoms with Gasteiger partial charge in [0.25, 0.3) is 0 Å². The quantitative estimate of drug-likeness (QED) is 0.857. The van der Waals surface area contributed by atoms with Crippen LogP contribution in [0.3, 0.4) is 0 Å². The van der Waals surface area contributed by atoms with Gasteiger partial charge in [0, 0.05) is 0 Å². The van der Waals surface area contributed by atoms with E-state index >= 15 is 0 Å². The van der Waals surface area contributed by atoms with Crippen molar-refractivity contribution in [1.29, 1.82) is 0 Å². The van der Waals surface area contributed by atoms with E-state index in [2.05, 4.69) is 10.3 Å².